The predicted molar refractivity (Wildman–Crippen MR) is 101 cm³/mol. The number of carbonyl (C=O) groups excluding carboxylic acids is 2. The van der Waals surface area contributed by atoms with Gasteiger partial charge in [0.1, 0.15) is 0 Å². The quantitative estimate of drug-likeness (QED) is 0.476. The molecule has 132 valence electrons. The van der Waals surface area contributed by atoms with E-state index in [2.05, 4.69) is 22.8 Å². The molecular weight excluding hydrogens is 334 g/mol. The Morgan fingerprint density at radius 3 is 2.28 bits per heavy atom. The number of hydrogen-bond donors (Lipinski definition) is 3. The van der Waals surface area contributed by atoms with Gasteiger partial charge in [-0.2, -0.15) is 0 Å². The van der Waals surface area contributed by atoms with Crippen LogP contribution in [0.5, 0.6) is 0 Å². The number of benzene rings is 2. The van der Waals surface area contributed by atoms with E-state index in [0.29, 0.717) is 6.54 Å². The molecule has 1 atom stereocenters. The van der Waals surface area contributed by atoms with Gasteiger partial charge in [0.15, 0.2) is 0 Å². The number of nitrogens with two attached hydrogens (primary N) is 1. The Kier molecular flexibility index (Phi) is 7.85. The Morgan fingerprint density at radius 2 is 1.64 bits per heavy atom. The summed E-state index contributed by atoms with van der Waals surface area (Å²) in [6.07, 6.45) is 1.04. The van der Waals surface area contributed by atoms with E-state index in [4.69, 9.17) is 5.73 Å². The lowest BCUT2D eigenvalue weighted by Gasteiger charge is -2.17. The van der Waals surface area contributed by atoms with Crippen molar-refractivity contribution < 1.29 is 9.59 Å². The van der Waals surface area contributed by atoms with Crippen molar-refractivity contribution in [2.45, 2.75) is 23.8 Å². The van der Waals surface area contributed by atoms with E-state index < -0.39 is 12.1 Å². The molecule has 5 nitrogen and oxygen atoms in total. The fourth-order valence-electron chi connectivity index (χ4n) is 2.37. The van der Waals surface area contributed by atoms with Gasteiger partial charge in [-0.25, -0.2) is 4.79 Å². The topological polar surface area (TPSA) is 84.2 Å². The molecule has 0 aliphatic heterocycles. The van der Waals surface area contributed by atoms with Gasteiger partial charge in [0.25, 0.3) is 0 Å². The van der Waals surface area contributed by atoms with E-state index in [1.54, 1.807) is 11.8 Å². The van der Waals surface area contributed by atoms with Gasteiger partial charge in [-0.1, -0.05) is 48.5 Å². The first-order valence-corrected chi connectivity index (χ1v) is 9.19. The summed E-state index contributed by atoms with van der Waals surface area (Å²) in [7, 11) is 0. The molecule has 0 aromatic heterocycles. The number of carbonyl (C=O) groups is 2. The normalized spacial score (nSPS) is 11.5. The van der Waals surface area contributed by atoms with Gasteiger partial charge in [0, 0.05) is 11.4 Å². The van der Waals surface area contributed by atoms with E-state index in [0.717, 1.165) is 17.7 Å². The Balaban J connectivity index is 1.72. The Bertz CT molecular complexity index is 665. The zero-order valence-electron chi connectivity index (χ0n) is 14.0. The van der Waals surface area contributed by atoms with Gasteiger partial charge in [-0.15, -0.1) is 11.8 Å². The molecule has 0 bridgehead atoms. The molecule has 0 saturated carbocycles. The summed E-state index contributed by atoms with van der Waals surface area (Å²) in [5.74, 6) is 0.832. The van der Waals surface area contributed by atoms with Crippen molar-refractivity contribution >= 4 is 23.7 Å². The SMILES string of the molecule is NC(=O)N[C@H](CC(=O)NCCCSc1ccccc1)c1ccccc1. The lowest BCUT2D eigenvalue weighted by molar-refractivity contribution is -0.121. The summed E-state index contributed by atoms with van der Waals surface area (Å²) in [5, 5.41) is 5.52. The molecule has 0 spiro atoms. The maximum absolute atomic E-state index is 12.1. The fourth-order valence-corrected chi connectivity index (χ4v) is 3.25. The Morgan fingerprint density at radius 1 is 1.00 bits per heavy atom. The van der Waals surface area contributed by atoms with Crippen molar-refractivity contribution in [2.75, 3.05) is 12.3 Å². The third kappa shape index (κ3) is 7.30. The average Bonchev–Trinajstić information content (AvgIpc) is 2.62. The minimum Gasteiger partial charge on any atom is -0.356 e. The molecule has 3 amide bonds. The molecule has 0 aliphatic rings. The molecule has 0 heterocycles. The molecule has 25 heavy (non-hydrogen) atoms. The molecule has 0 unspecified atom stereocenters. The molecule has 2 rings (SSSR count). The second-order valence-electron chi connectivity index (χ2n) is 5.54. The summed E-state index contributed by atoms with van der Waals surface area (Å²) in [6, 6.07) is 18.5. The zero-order chi connectivity index (χ0) is 17.9. The van der Waals surface area contributed by atoms with E-state index in [-0.39, 0.29) is 12.3 Å². The predicted octanol–water partition coefficient (Wildman–Crippen LogP) is 3.08. The third-order valence-electron chi connectivity index (χ3n) is 3.56. The van der Waals surface area contributed by atoms with Gasteiger partial charge in [-0.05, 0) is 29.9 Å². The molecule has 0 radical (unpaired) electrons. The van der Waals surface area contributed by atoms with E-state index in [1.165, 1.54) is 4.90 Å². The van der Waals surface area contributed by atoms with Gasteiger partial charge in [-0.3, -0.25) is 4.79 Å². The van der Waals surface area contributed by atoms with Crippen LogP contribution in [0.3, 0.4) is 0 Å². The lowest BCUT2D eigenvalue weighted by Crippen LogP contribution is -2.36. The number of hydrogen-bond acceptors (Lipinski definition) is 3. The molecule has 4 N–H and O–H groups in total. The number of urea groups is 1. The second-order valence-corrected chi connectivity index (χ2v) is 6.71. The van der Waals surface area contributed by atoms with Crippen LogP contribution >= 0.6 is 11.8 Å². The molecular formula is C19H23N3O2S. The van der Waals surface area contributed by atoms with Gasteiger partial charge in [0.05, 0.1) is 12.5 Å². The molecule has 0 fully saturated rings. The minimum atomic E-state index is -0.638. The van der Waals surface area contributed by atoms with E-state index in [1.807, 2.05) is 48.5 Å². The van der Waals surface area contributed by atoms with Gasteiger partial charge < -0.3 is 16.4 Å². The van der Waals surface area contributed by atoms with Crippen molar-refractivity contribution in [3.63, 3.8) is 0 Å². The second kappa shape index (κ2) is 10.4. The molecule has 2 aromatic carbocycles. The van der Waals surface area contributed by atoms with E-state index >= 15 is 0 Å². The maximum atomic E-state index is 12.1. The van der Waals surface area contributed by atoms with Gasteiger partial charge in [0.2, 0.25) is 5.91 Å². The highest BCUT2D eigenvalue weighted by Gasteiger charge is 2.16. The highest BCUT2D eigenvalue weighted by Crippen LogP contribution is 2.18. The largest absolute Gasteiger partial charge is 0.356 e. The summed E-state index contributed by atoms with van der Waals surface area (Å²) in [4.78, 5) is 24.5. The average molecular weight is 357 g/mol. The zero-order valence-corrected chi connectivity index (χ0v) is 14.8. The van der Waals surface area contributed by atoms with Crippen molar-refractivity contribution in [1.82, 2.24) is 10.6 Å². The van der Waals surface area contributed by atoms with Crippen LogP contribution in [0.2, 0.25) is 0 Å². The summed E-state index contributed by atoms with van der Waals surface area (Å²) in [5.41, 5.74) is 6.07. The molecule has 0 saturated heterocycles. The van der Waals surface area contributed by atoms with Crippen LogP contribution < -0.4 is 16.4 Å². The number of primary amides is 1. The standard InChI is InChI=1S/C19H23N3O2S/c20-19(24)22-17(15-8-3-1-4-9-15)14-18(23)21-12-7-13-25-16-10-5-2-6-11-16/h1-6,8-11,17H,7,12-14H2,(H,21,23)(H3,20,22,24)/t17-/m1/s1. The van der Waals surface area contributed by atoms with Crippen LogP contribution in [-0.2, 0) is 4.79 Å². The summed E-state index contributed by atoms with van der Waals surface area (Å²) < 4.78 is 0. The van der Waals surface area contributed by atoms with Crippen LogP contribution in [0.1, 0.15) is 24.4 Å². The lowest BCUT2D eigenvalue weighted by atomic mass is 10.0. The number of nitrogens with one attached hydrogen (secondary N) is 2. The molecule has 6 heteroatoms. The first-order chi connectivity index (χ1) is 12.1. The number of rotatable bonds is 9. The monoisotopic (exact) mass is 357 g/mol. The Hall–Kier alpha value is -2.47. The highest BCUT2D eigenvalue weighted by molar-refractivity contribution is 7.99. The maximum Gasteiger partial charge on any atom is 0.312 e. The van der Waals surface area contributed by atoms with Crippen LogP contribution in [0.15, 0.2) is 65.6 Å². The Labute approximate surface area is 152 Å². The van der Waals surface area contributed by atoms with Crippen molar-refractivity contribution in [1.29, 1.82) is 0 Å². The fraction of sp³-hybridized carbons (Fsp3) is 0.263. The van der Waals surface area contributed by atoms with Crippen LogP contribution in [0.25, 0.3) is 0 Å². The van der Waals surface area contributed by atoms with Gasteiger partial charge >= 0.3 is 6.03 Å². The van der Waals surface area contributed by atoms with E-state index in [9.17, 15) is 9.59 Å². The van der Waals surface area contributed by atoms with Crippen molar-refractivity contribution in [3.8, 4) is 0 Å². The third-order valence-corrected chi connectivity index (χ3v) is 4.66. The molecule has 2 aromatic rings. The van der Waals surface area contributed by atoms with Crippen molar-refractivity contribution in [3.05, 3.63) is 66.2 Å². The summed E-state index contributed by atoms with van der Waals surface area (Å²) in [6.45, 7) is 0.608. The summed E-state index contributed by atoms with van der Waals surface area (Å²) >= 11 is 1.77. The first-order valence-electron chi connectivity index (χ1n) is 8.20. The highest BCUT2D eigenvalue weighted by atomic mass is 32.2. The number of amides is 3. The van der Waals surface area contributed by atoms with Crippen LogP contribution in [-0.4, -0.2) is 24.2 Å². The molecule has 0 aliphatic carbocycles. The van der Waals surface area contributed by atoms with Crippen LogP contribution in [0.4, 0.5) is 4.79 Å². The number of thioether (sulfide) groups is 1. The van der Waals surface area contributed by atoms with Crippen molar-refractivity contribution in [2.24, 2.45) is 5.73 Å². The minimum absolute atomic E-state index is 0.104. The first kappa shape index (κ1) is 18.9. The van der Waals surface area contributed by atoms with Crippen LogP contribution in [0, 0.1) is 0 Å². The smallest absolute Gasteiger partial charge is 0.312 e.